The van der Waals surface area contributed by atoms with Crippen LogP contribution in [0, 0.1) is 5.92 Å². The third kappa shape index (κ3) is 6.23. The number of carbonyl (C=O) groups excluding carboxylic acids is 1. The van der Waals surface area contributed by atoms with Crippen LogP contribution in [0.25, 0.3) is 11.7 Å². The highest BCUT2D eigenvalue weighted by Crippen LogP contribution is 2.35. The van der Waals surface area contributed by atoms with E-state index in [-0.39, 0.29) is 11.5 Å². The van der Waals surface area contributed by atoms with Gasteiger partial charge in [0, 0.05) is 25.8 Å². The van der Waals surface area contributed by atoms with E-state index in [4.69, 9.17) is 26.7 Å². The first-order valence-corrected chi connectivity index (χ1v) is 15.9. The molecular weight excluding hydrogens is 593 g/mol. The van der Waals surface area contributed by atoms with Gasteiger partial charge in [0.2, 0.25) is 0 Å². The number of hydrogen-bond donors (Lipinski definition) is 0. The molecule has 0 radical (unpaired) electrons. The Morgan fingerprint density at radius 3 is 2.45 bits per heavy atom. The Morgan fingerprint density at radius 2 is 1.70 bits per heavy atom. The lowest BCUT2D eigenvalue weighted by Gasteiger charge is -2.33. The maximum absolute atomic E-state index is 13.8. The van der Waals surface area contributed by atoms with Gasteiger partial charge in [-0.25, -0.2) is 4.98 Å². The quantitative estimate of drug-likeness (QED) is 0.175. The summed E-state index contributed by atoms with van der Waals surface area (Å²) in [6.07, 6.45) is 7.04. The summed E-state index contributed by atoms with van der Waals surface area (Å²) >= 11 is 6.85. The zero-order chi connectivity index (χ0) is 30.6. The molecule has 0 saturated carbocycles. The number of thioether (sulfide) groups is 1. The standard InChI is InChI=1S/C34H34N4O4S2/c1-41-27-12-11-24(21-28(27)42-2)15-19-38-33(40)29(44-34(38)43)22-26-31(35-30-10-6-7-16-37(30)32(26)39)36-17-13-25(14-18-36)20-23-8-4-3-5-9-23/h3-12,16,21-22,25H,13-15,17-20H2,1-2H3/b29-22-. The van der Waals surface area contributed by atoms with Crippen LogP contribution in [0.5, 0.6) is 11.5 Å². The van der Waals surface area contributed by atoms with Crippen LogP contribution >= 0.6 is 24.0 Å². The highest BCUT2D eigenvalue weighted by atomic mass is 32.2. The molecule has 0 N–H and O–H groups in total. The molecule has 2 saturated heterocycles. The van der Waals surface area contributed by atoms with Gasteiger partial charge in [0.05, 0.1) is 24.7 Å². The van der Waals surface area contributed by atoms with Gasteiger partial charge in [-0.3, -0.25) is 18.9 Å². The average Bonchev–Trinajstić information content (AvgIpc) is 3.33. The summed E-state index contributed by atoms with van der Waals surface area (Å²) in [5.41, 5.74) is 3.14. The fourth-order valence-corrected chi connectivity index (χ4v) is 7.15. The van der Waals surface area contributed by atoms with Gasteiger partial charge in [0.15, 0.2) is 11.5 Å². The number of amides is 1. The highest BCUT2D eigenvalue weighted by Gasteiger charge is 2.33. The van der Waals surface area contributed by atoms with Crippen LogP contribution in [0.4, 0.5) is 5.82 Å². The van der Waals surface area contributed by atoms with Crippen LogP contribution in [0.1, 0.15) is 29.5 Å². The third-order valence-corrected chi connectivity index (χ3v) is 9.63. The Bertz CT molecular complexity index is 1780. The molecular formula is C34H34N4O4S2. The summed E-state index contributed by atoms with van der Waals surface area (Å²) in [7, 11) is 3.19. The van der Waals surface area contributed by atoms with Gasteiger partial charge in [0.1, 0.15) is 15.8 Å². The molecule has 0 unspecified atom stereocenters. The number of ether oxygens (including phenoxy) is 2. The van der Waals surface area contributed by atoms with Crippen molar-refractivity contribution in [1.82, 2.24) is 14.3 Å². The van der Waals surface area contributed by atoms with Crippen LogP contribution in [-0.4, -0.2) is 58.4 Å². The van der Waals surface area contributed by atoms with Gasteiger partial charge in [0.25, 0.3) is 11.5 Å². The molecule has 2 fully saturated rings. The minimum absolute atomic E-state index is 0.201. The number of hydrogen-bond acceptors (Lipinski definition) is 8. The largest absolute Gasteiger partial charge is 0.493 e. The monoisotopic (exact) mass is 626 g/mol. The van der Waals surface area contributed by atoms with Gasteiger partial charge >= 0.3 is 0 Å². The van der Waals surface area contributed by atoms with E-state index in [1.54, 1.807) is 31.4 Å². The summed E-state index contributed by atoms with van der Waals surface area (Å²) in [5.74, 6) is 2.27. The van der Waals surface area contributed by atoms with E-state index >= 15 is 0 Å². The first-order valence-electron chi connectivity index (χ1n) is 14.7. The van der Waals surface area contributed by atoms with E-state index in [1.165, 1.54) is 21.7 Å². The second kappa shape index (κ2) is 13.2. The first kappa shape index (κ1) is 29.9. The molecule has 2 aromatic carbocycles. The molecule has 2 aromatic heterocycles. The van der Waals surface area contributed by atoms with Crippen molar-refractivity contribution in [3.8, 4) is 11.5 Å². The zero-order valence-corrected chi connectivity index (χ0v) is 26.4. The number of methoxy groups -OCH3 is 2. The number of rotatable bonds is 9. The number of aromatic nitrogens is 2. The molecule has 0 atom stereocenters. The van der Waals surface area contributed by atoms with Crippen molar-refractivity contribution in [3.63, 3.8) is 0 Å². The predicted octanol–water partition coefficient (Wildman–Crippen LogP) is 5.61. The van der Waals surface area contributed by atoms with Crippen LogP contribution < -0.4 is 19.9 Å². The average molecular weight is 627 g/mol. The molecule has 4 aromatic rings. The van der Waals surface area contributed by atoms with Gasteiger partial charge < -0.3 is 14.4 Å². The number of fused-ring (bicyclic) bond motifs is 1. The summed E-state index contributed by atoms with van der Waals surface area (Å²) in [6, 6.07) is 21.8. The second-order valence-electron chi connectivity index (χ2n) is 11.0. The van der Waals surface area contributed by atoms with E-state index in [2.05, 4.69) is 29.2 Å². The van der Waals surface area contributed by atoms with Crippen LogP contribution in [-0.2, 0) is 17.6 Å². The normalized spacial score (nSPS) is 16.7. The van der Waals surface area contributed by atoms with Crippen molar-refractivity contribution >= 4 is 51.7 Å². The maximum atomic E-state index is 13.8. The summed E-state index contributed by atoms with van der Waals surface area (Å²) in [6.45, 7) is 1.99. The smallest absolute Gasteiger partial charge is 0.267 e. The van der Waals surface area contributed by atoms with Gasteiger partial charge in [-0.1, -0.05) is 66.4 Å². The fraction of sp³-hybridized carbons (Fsp3) is 0.294. The van der Waals surface area contributed by atoms with Crippen molar-refractivity contribution < 1.29 is 14.3 Å². The third-order valence-electron chi connectivity index (χ3n) is 8.25. The van der Waals surface area contributed by atoms with Crippen molar-refractivity contribution in [1.29, 1.82) is 0 Å². The number of pyridine rings is 1. The molecule has 6 rings (SSSR count). The molecule has 10 heteroatoms. The minimum Gasteiger partial charge on any atom is -0.493 e. The number of anilines is 1. The van der Waals surface area contributed by atoms with Gasteiger partial charge in [-0.05, 0) is 73.1 Å². The summed E-state index contributed by atoms with van der Waals surface area (Å²) < 4.78 is 12.8. The molecule has 2 aliphatic heterocycles. The summed E-state index contributed by atoms with van der Waals surface area (Å²) in [4.78, 5) is 36.6. The minimum atomic E-state index is -0.203. The summed E-state index contributed by atoms with van der Waals surface area (Å²) in [5, 5.41) is 0. The number of piperidine rings is 1. The Kier molecular flexibility index (Phi) is 8.99. The Balaban J connectivity index is 1.24. The van der Waals surface area contributed by atoms with E-state index < -0.39 is 0 Å². The van der Waals surface area contributed by atoms with Gasteiger partial charge in [-0.15, -0.1) is 0 Å². The molecule has 44 heavy (non-hydrogen) atoms. The number of benzene rings is 2. The molecule has 4 heterocycles. The van der Waals surface area contributed by atoms with Crippen molar-refractivity contribution in [2.75, 3.05) is 38.8 Å². The van der Waals surface area contributed by atoms with E-state index in [1.807, 2.05) is 42.5 Å². The van der Waals surface area contributed by atoms with Crippen LogP contribution in [0.15, 0.2) is 82.6 Å². The zero-order valence-electron chi connectivity index (χ0n) is 24.8. The number of carbonyl (C=O) groups is 1. The molecule has 0 spiro atoms. The van der Waals surface area contributed by atoms with Crippen LogP contribution in [0.2, 0.25) is 0 Å². The Labute approximate surface area is 266 Å². The first-order chi connectivity index (χ1) is 21.4. The maximum Gasteiger partial charge on any atom is 0.267 e. The number of nitrogens with zero attached hydrogens (tertiary/aromatic N) is 4. The fourth-order valence-electron chi connectivity index (χ4n) is 5.86. The van der Waals surface area contributed by atoms with E-state index in [9.17, 15) is 9.59 Å². The highest BCUT2D eigenvalue weighted by molar-refractivity contribution is 8.26. The van der Waals surface area contributed by atoms with E-state index in [0.717, 1.165) is 37.9 Å². The molecule has 8 nitrogen and oxygen atoms in total. The SMILES string of the molecule is COc1ccc(CCN2C(=O)/C(=C/c3c(N4CCC(Cc5ccccc5)CC4)nc4ccccn4c3=O)SC2=S)cc1OC. The lowest BCUT2D eigenvalue weighted by Crippen LogP contribution is -2.37. The molecule has 0 aliphatic carbocycles. The van der Waals surface area contributed by atoms with Crippen LogP contribution in [0.3, 0.4) is 0 Å². The molecule has 0 bridgehead atoms. The molecule has 1 amide bonds. The Morgan fingerprint density at radius 1 is 0.955 bits per heavy atom. The lowest BCUT2D eigenvalue weighted by atomic mass is 9.90. The van der Waals surface area contributed by atoms with Crippen molar-refractivity contribution in [2.24, 2.45) is 5.92 Å². The topological polar surface area (TPSA) is 76.4 Å². The number of thiocarbonyl (C=S) groups is 1. The van der Waals surface area contributed by atoms with Gasteiger partial charge in [-0.2, -0.15) is 0 Å². The Hall–Kier alpha value is -4.15. The molecule has 226 valence electrons. The predicted molar refractivity (Wildman–Crippen MR) is 180 cm³/mol. The van der Waals surface area contributed by atoms with E-state index in [0.29, 0.717) is 56.6 Å². The second-order valence-corrected chi connectivity index (χ2v) is 12.7. The molecule has 2 aliphatic rings. The lowest BCUT2D eigenvalue weighted by molar-refractivity contribution is -0.122. The van der Waals surface area contributed by atoms with Crippen molar-refractivity contribution in [2.45, 2.75) is 25.7 Å². The van der Waals surface area contributed by atoms with Crippen molar-refractivity contribution in [3.05, 3.63) is 105 Å².